The molecule has 0 aliphatic carbocycles. The molecule has 2 aromatic rings. The van der Waals surface area contributed by atoms with Gasteiger partial charge in [-0.25, -0.2) is 4.98 Å². The van der Waals surface area contributed by atoms with Crippen molar-refractivity contribution in [3.63, 3.8) is 0 Å². The van der Waals surface area contributed by atoms with Crippen LogP contribution in [0.5, 0.6) is 5.75 Å². The molecule has 3 rings (SSSR count). The van der Waals surface area contributed by atoms with E-state index < -0.39 is 0 Å². The average molecular weight is 285 g/mol. The van der Waals surface area contributed by atoms with Gasteiger partial charge >= 0.3 is 0 Å². The number of nitrogens with zero attached hydrogens (tertiary/aromatic N) is 1. The van der Waals surface area contributed by atoms with Crippen molar-refractivity contribution in [2.45, 2.75) is 46.1 Å². The van der Waals surface area contributed by atoms with E-state index in [4.69, 9.17) is 9.15 Å². The molecular formula is C17H19NO3. The van der Waals surface area contributed by atoms with Crippen LogP contribution in [0.15, 0.2) is 16.5 Å². The molecule has 1 aromatic heterocycles. The van der Waals surface area contributed by atoms with Crippen LogP contribution in [0.1, 0.15) is 47.6 Å². The molecule has 110 valence electrons. The van der Waals surface area contributed by atoms with E-state index in [2.05, 4.69) is 18.8 Å². The average Bonchev–Trinajstić information content (AvgIpc) is 3.01. The highest BCUT2D eigenvalue weighted by atomic mass is 16.5. The van der Waals surface area contributed by atoms with E-state index in [0.717, 1.165) is 35.3 Å². The number of hydrogen-bond donors (Lipinski definition) is 0. The van der Waals surface area contributed by atoms with Gasteiger partial charge in [-0.1, -0.05) is 13.0 Å². The van der Waals surface area contributed by atoms with Crippen molar-refractivity contribution in [1.82, 2.24) is 4.98 Å². The molecule has 0 spiro atoms. The number of hydrogen-bond acceptors (Lipinski definition) is 4. The first-order chi connectivity index (χ1) is 9.97. The van der Waals surface area contributed by atoms with Gasteiger partial charge in [0.05, 0.1) is 5.69 Å². The highest BCUT2D eigenvalue weighted by Crippen LogP contribution is 2.44. The van der Waals surface area contributed by atoms with E-state index in [9.17, 15) is 4.79 Å². The number of carbonyl (C=O) groups is 1. The molecule has 0 N–H and O–H groups in total. The Hall–Kier alpha value is -2.10. The third kappa shape index (κ3) is 2.15. The fourth-order valence-corrected chi connectivity index (χ4v) is 2.75. The van der Waals surface area contributed by atoms with Crippen LogP contribution in [0.3, 0.4) is 0 Å². The van der Waals surface area contributed by atoms with E-state index in [1.807, 2.05) is 19.1 Å². The normalized spacial score (nSPS) is 20.2. The summed E-state index contributed by atoms with van der Waals surface area (Å²) in [6.07, 6.45) is 2.46. The van der Waals surface area contributed by atoms with Crippen LogP contribution >= 0.6 is 0 Å². The third-order valence-corrected chi connectivity index (χ3v) is 4.27. The van der Waals surface area contributed by atoms with Gasteiger partial charge in [0.1, 0.15) is 11.4 Å². The SMILES string of the molecule is CCC1(C)Cc2c(-c3nc(C)c(C=O)o3)ccc(C)c2O1. The van der Waals surface area contributed by atoms with Crippen LogP contribution in [-0.2, 0) is 6.42 Å². The van der Waals surface area contributed by atoms with E-state index in [1.54, 1.807) is 6.92 Å². The number of aldehydes is 1. The van der Waals surface area contributed by atoms with Gasteiger partial charge in [0.2, 0.25) is 5.89 Å². The fraction of sp³-hybridized carbons (Fsp3) is 0.412. The van der Waals surface area contributed by atoms with Crippen LogP contribution in [0.25, 0.3) is 11.5 Å². The molecule has 1 aromatic carbocycles. The summed E-state index contributed by atoms with van der Waals surface area (Å²) in [5, 5.41) is 0. The molecule has 0 fully saturated rings. The Morgan fingerprint density at radius 2 is 2.14 bits per heavy atom. The Morgan fingerprint density at radius 1 is 1.38 bits per heavy atom. The summed E-state index contributed by atoms with van der Waals surface area (Å²) in [7, 11) is 0. The Labute approximate surface area is 124 Å². The van der Waals surface area contributed by atoms with Crippen molar-refractivity contribution in [1.29, 1.82) is 0 Å². The van der Waals surface area contributed by atoms with Gasteiger partial charge in [0.25, 0.3) is 0 Å². The molecule has 1 aliphatic heterocycles. The van der Waals surface area contributed by atoms with Gasteiger partial charge in [-0.2, -0.15) is 0 Å². The number of aromatic nitrogens is 1. The second kappa shape index (κ2) is 4.72. The topological polar surface area (TPSA) is 52.3 Å². The minimum atomic E-state index is -0.182. The first kappa shape index (κ1) is 13.9. The zero-order chi connectivity index (χ0) is 15.2. The summed E-state index contributed by atoms with van der Waals surface area (Å²) >= 11 is 0. The van der Waals surface area contributed by atoms with Crippen molar-refractivity contribution in [2.24, 2.45) is 0 Å². The summed E-state index contributed by atoms with van der Waals surface area (Å²) in [4.78, 5) is 15.3. The van der Waals surface area contributed by atoms with Gasteiger partial charge in [-0.15, -0.1) is 0 Å². The van der Waals surface area contributed by atoms with Gasteiger partial charge in [0.15, 0.2) is 12.0 Å². The first-order valence-corrected chi connectivity index (χ1v) is 7.22. The highest BCUT2D eigenvalue weighted by molar-refractivity contribution is 5.74. The van der Waals surface area contributed by atoms with Crippen molar-refractivity contribution in [3.05, 3.63) is 34.7 Å². The summed E-state index contributed by atoms with van der Waals surface area (Å²) in [6.45, 7) is 8.06. The zero-order valence-corrected chi connectivity index (χ0v) is 12.8. The fourth-order valence-electron chi connectivity index (χ4n) is 2.75. The van der Waals surface area contributed by atoms with Crippen molar-refractivity contribution in [3.8, 4) is 17.2 Å². The standard InChI is InChI=1S/C17H19NO3/c1-5-17(4)8-13-12(7-6-10(2)15(13)21-17)16-18-11(3)14(9-19)20-16/h6-7,9H,5,8H2,1-4H3. The predicted molar refractivity (Wildman–Crippen MR) is 79.8 cm³/mol. The maximum atomic E-state index is 11.0. The molecule has 4 heteroatoms. The number of oxazole rings is 1. The number of carbonyl (C=O) groups excluding carboxylic acids is 1. The molecular weight excluding hydrogens is 266 g/mol. The number of fused-ring (bicyclic) bond motifs is 1. The van der Waals surface area contributed by atoms with Gasteiger partial charge in [-0.05, 0) is 38.8 Å². The Bertz CT molecular complexity index is 717. The van der Waals surface area contributed by atoms with E-state index >= 15 is 0 Å². The first-order valence-electron chi connectivity index (χ1n) is 7.22. The lowest BCUT2D eigenvalue weighted by molar-refractivity contribution is 0.109. The molecule has 1 aliphatic rings. The van der Waals surface area contributed by atoms with Crippen LogP contribution in [0.2, 0.25) is 0 Å². The van der Waals surface area contributed by atoms with Crippen molar-refractivity contribution in [2.75, 3.05) is 0 Å². The maximum absolute atomic E-state index is 11.0. The summed E-state index contributed by atoms with van der Waals surface area (Å²) in [5.41, 5.74) is 3.59. The minimum Gasteiger partial charge on any atom is -0.487 e. The molecule has 0 radical (unpaired) electrons. The molecule has 4 nitrogen and oxygen atoms in total. The third-order valence-electron chi connectivity index (χ3n) is 4.27. The summed E-state index contributed by atoms with van der Waals surface area (Å²) in [6, 6.07) is 4.01. The van der Waals surface area contributed by atoms with Crippen LogP contribution in [0.4, 0.5) is 0 Å². The van der Waals surface area contributed by atoms with Crippen LogP contribution < -0.4 is 4.74 Å². The number of aryl methyl sites for hydroxylation is 2. The maximum Gasteiger partial charge on any atom is 0.227 e. The van der Waals surface area contributed by atoms with Crippen molar-refractivity contribution >= 4 is 6.29 Å². The minimum absolute atomic E-state index is 0.182. The van der Waals surface area contributed by atoms with E-state index in [0.29, 0.717) is 17.9 Å². The zero-order valence-electron chi connectivity index (χ0n) is 12.8. The second-order valence-electron chi connectivity index (χ2n) is 5.91. The molecule has 1 unspecified atom stereocenters. The second-order valence-corrected chi connectivity index (χ2v) is 5.91. The summed E-state index contributed by atoms with van der Waals surface area (Å²) in [5.74, 6) is 1.71. The lowest BCUT2D eigenvalue weighted by Gasteiger charge is -2.21. The molecule has 21 heavy (non-hydrogen) atoms. The van der Waals surface area contributed by atoms with Crippen molar-refractivity contribution < 1.29 is 13.9 Å². The van der Waals surface area contributed by atoms with Gasteiger partial charge < -0.3 is 9.15 Å². The van der Waals surface area contributed by atoms with E-state index in [1.165, 1.54) is 0 Å². The lowest BCUT2D eigenvalue weighted by atomic mass is 9.93. The highest BCUT2D eigenvalue weighted by Gasteiger charge is 2.36. The van der Waals surface area contributed by atoms with Crippen LogP contribution in [-0.4, -0.2) is 16.9 Å². The van der Waals surface area contributed by atoms with Gasteiger partial charge in [0, 0.05) is 17.5 Å². The monoisotopic (exact) mass is 285 g/mol. The largest absolute Gasteiger partial charge is 0.487 e. The Balaban J connectivity index is 2.14. The number of rotatable bonds is 3. The Morgan fingerprint density at radius 3 is 2.76 bits per heavy atom. The van der Waals surface area contributed by atoms with E-state index in [-0.39, 0.29) is 11.4 Å². The molecule has 0 amide bonds. The Kier molecular flexibility index (Phi) is 3.12. The predicted octanol–water partition coefficient (Wildman–Crippen LogP) is 3.87. The molecule has 1 atom stereocenters. The molecule has 0 bridgehead atoms. The summed E-state index contributed by atoms with van der Waals surface area (Å²) < 4.78 is 11.7. The number of benzene rings is 1. The quantitative estimate of drug-likeness (QED) is 0.803. The molecule has 2 heterocycles. The number of ether oxygens (including phenoxy) is 1. The molecule has 0 saturated heterocycles. The lowest BCUT2D eigenvalue weighted by Crippen LogP contribution is -2.28. The van der Waals surface area contributed by atoms with Gasteiger partial charge in [-0.3, -0.25) is 4.79 Å². The smallest absolute Gasteiger partial charge is 0.227 e. The molecule has 0 saturated carbocycles. The van der Waals surface area contributed by atoms with Crippen LogP contribution in [0, 0.1) is 13.8 Å².